The van der Waals surface area contributed by atoms with Crippen LogP contribution in [0.5, 0.6) is 0 Å². The number of fused-ring (bicyclic) bond motifs is 1. The van der Waals surface area contributed by atoms with Gasteiger partial charge in [-0.1, -0.05) is 36.4 Å². The first-order valence-corrected chi connectivity index (χ1v) is 9.55. The molecule has 0 saturated heterocycles. The van der Waals surface area contributed by atoms with E-state index in [0.29, 0.717) is 18.7 Å². The molecule has 0 aliphatic carbocycles. The van der Waals surface area contributed by atoms with Crippen molar-refractivity contribution >= 4 is 39.3 Å². The molecule has 0 radical (unpaired) electrons. The van der Waals surface area contributed by atoms with Crippen LogP contribution in [-0.2, 0) is 16.0 Å². The minimum Gasteiger partial charge on any atom is -0.466 e. The number of carbonyl (C=O) groups excluding carboxylic acids is 1. The third kappa shape index (κ3) is 4.70. The highest BCUT2D eigenvalue weighted by atomic mass is 32.1. The number of ether oxygens (including phenoxy) is 1. The molecule has 0 saturated carbocycles. The van der Waals surface area contributed by atoms with Crippen molar-refractivity contribution < 1.29 is 9.53 Å². The quantitative estimate of drug-likeness (QED) is 0.619. The molecule has 0 bridgehead atoms. The second-order valence-corrected chi connectivity index (χ2v) is 7.02. The number of nitrogens with two attached hydrogens (primary N) is 1. The van der Waals surface area contributed by atoms with E-state index in [0.717, 1.165) is 33.6 Å². The van der Waals surface area contributed by atoms with E-state index in [-0.39, 0.29) is 5.97 Å². The molecule has 5 heteroatoms. The van der Waals surface area contributed by atoms with E-state index in [1.807, 2.05) is 49.4 Å². The molecule has 134 valence electrons. The minimum atomic E-state index is -0.136. The number of thiazole rings is 1. The molecule has 3 aromatic rings. The zero-order valence-electron chi connectivity index (χ0n) is 14.8. The van der Waals surface area contributed by atoms with Crippen molar-refractivity contribution in [3.63, 3.8) is 0 Å². The monoisotopic (exact) mass is 366 g/mol. The highest BCUT2D eigenvalue weighted by molar-refractivity contribution is 7.19. The summed E-state index contributed by atoms with van der Waals surface area (Å²) in [6.07, 6.45) is 4.01. The smallest absolute Gasteiger partial charge is 0.305 e. The van der Waals surface area contributed by atoms with Crippen LogP contribution in [-0.4, -0.2) is 17.6 Å². The van der Waals surface area contributed by atoms with E-state index in [9.17, 15) is 4.79 Å². The topological polar surface area (TPSA) is 65.2 Å². The van der Waals surface area contributed by atoms with Gasteiger partial charge in [-0.3, -0.25) is 4.79 Å². The van der Waals surface area contributed by atoms with Gasteiger partial charge in [0, 0.05) is 6.42 Å². The molecule has 0 fully saturated rings. The molecule has 0 unspecified atom stereocenters. The average Bonchev–Trinajstić information content (AvgIpc) is 3.07. The second kappa shape index (κ2) is 8.63. The molecular weight excluding hydrogens is 344 g/mol. The Hall–Kier alpha value is -2.66. The van der Waals surface area contributed by atoms with Gasteiger partial charge in [-0.05, 0) is 49.1 Å². The lowest BCUT2D eigenvalue weighted by Gasteiger charge is -2.04. The van der Waals surface area contributed by atoms with Crippen LogP contribution in [0, 0.1) is 0 Å². The molecule has 26 heavy (non-hydrogen) atoms. The summed E-state index contributed by atoms with van der Waals surface area (Å²) in [6, 6.07) is 16.2. The lowest BCUT2D eigenvalue weighted by atomic mass is 10.0. The second-order valence-electron chi connectivity index (χ2n) is 5.99. The van der Waals surface area contributed by atoms with E-state index >= 15 is 0 Å². The average molecular weight is 366 g/mol. The van der Waals surface area contributed by atoms with Crippen LogP contribution < -0.4 is 5.73 Å². The molecule has 2 aromatic carbocycles. The Morgan fingerprint density at radius 2 is 2.08 bits per heavy atom. The zero-order valence-corrected chi connectivity index (χ0v) is 15.6. The SMILES string of the molecule is CCOC(=O)CCCc1cccc(C=C(N)c2nc3ccccc3s2)c1. The number of hydrogen-bond acceptors (Lipinski definition) is 5. The number of esters is 1. The lowest BCUT2D eigenvalue weighted by molar-refractivity contribution is -0.143. The predicted octanol–water partition coefficient (Wildman–Crippen LogP) is 4.64. The van der Waals surface area contributed by atoms with Gasteiger partial charge in [-0.2, -0.15) is 0 Å². The molecule has 4 nitrogen and oxygen atoms in total. The van der Waals surface area contributed by atoms with Gasteiger partial charge in [-0.15, -0.1) is 11.3 Å². The van der Waals surface area contributed by atoms with E-state index in [1.54, 1.807) is 11.3 Å². The molecule has 2 N–H and O–H groups in total. The van der Waals surface area contributed by atoms with Crippen molar-refractivity contribution in [3.05, 3.63) is 64.7 Å². The fourth-order valence-corrected chi connectivity index (χ4v) is 3.64. The fraction of sp³-hybridized carbons (Fsp3) is 0.238. The summed E-state index contributed by atoms with van der Waals surface area (Å²) in [5.74, 6) is -0.136. The summed E-state index contributed by atoms with van der Waals surface area (Å²) in [7, 11) is 0. The summed E-state index contributed by atoms with van der Waals surface area (Å²) < 4.78 is 6.09. The first-order chi connectivity index (χ1) is 12.7. The zero-order chi connectivity index (χ0) is 18.4. The first-order valence-electron chi connectivity index (χ1n) is 8.73. The largest absolute Gasteiger partial charge is 0.466 e. The van der Waals surface area contributed by atoms with E-state index in [4.69, 9.17) is 10.5 Å². The third-order valence-corrected chi connectivity index (χ3v) is 5.05. The van der Waals surface area contributed by atoms with Crippen molar-refractivity contribution in [2.45, 2.75) is 26.2 Å². The maximum absolute atomic E-state index is 11.4. The van der Waals surface area contributed by atoms with Crippen molar-refractivity contribution in [3.8, 4) is 0 Å². The molecule has 0 aliphatic rings. The van der Waals surface area contributed by atoms with Gasteiger partial charge in [-0.25, -0.2) is 4.98 Å². The number of aryl methyl sites for hydroxylation is 1. The third-order valence-electron chi connectivity index (χ3n) is 3.97. The number of rotatable bonds is 7. The Bertz CT molecular complexity index is 897. The Labute approximate surface area is 157 Å². The standard InChI is InChI=1S/C21H22N2O2S/c1-2-25-20(24)12-6-8-15-7-5-9-16(13-15)14-17(22)21-23-18-10-3-4-11-19(18)26-21/h3-5,7,9-11,13-14H,2,6,8,12,22H2,1H3. The molecule has 0 spiro atoms. The van der Waals surface area contributed by atoms with Crippen LogP contribution in [0.2, 0.25) is 0 Å². The van der Waals surface area contributed by atoms with Crippen molar-refractivity contribution in [2.75, 3.05) is 6.61 Å². The van der Waals surface area contributed by atoms with Gasteiger partial charge in [0.15, 0.2) is 0 Å². The van der Waals surface area contributed by atoms with Crippen LogP contribution in [0.1, 0.15) is 35.9 Å². The van der Waals surface area contributed by atoms with E-state index in [2.05, 4.69) is 17.1 Å². The highest BCUT2D eigenvalue weighted by Gasteiger charge is 2.06. The van der Waals surface area contributed by atoms with Crippen LogP contribution in [0.15, 0.2) is 48.5 Å². The molecule has 1 heterocycles. The number of aromatic nitrogens is 1. The van der Waals surface area contributed by atoms with Crippen LogP contribution >= 0.6 is 11.3 Å². The predicted molar refractivity (Wildman–Crippen MR) is 108 cm³/mol. The van der Waals surface area contributed by atoms with Gasteiger partial charge in [0.05, 0.1) is 22.5 Å². The Kier molecular flexibility index (Phi) is 6.02. The summed E-state index contributed by atoms with van der Waals surface area (Å²) >= 11 is 1.59. The molecular formula is C21H22N2O2S. The van der Waals surface area contributed by atoms with E-state index in [1.165, 1.54) is 5.56 Å². The Balaban J connectivity index is 1.69. The molecule has 3 rings (SSSR count). The lowest BCUT2D eigenvalue weighted by Crippen LogP contribution is -2.04. The van der Waals surface area contributed by atoms with Gasteiger partial charge in [0.2, 0.25) is 0 Å². The number of hydrogen-bond donors (Lipinski definition) is 1. The van der Waals surface area contributed by atoms with Crippen LogP contribution in [0.4, 0.5) is 0 Å². The molecule has 0 amide bonds. The van der Waals surface area contributed by atoms with Crippen molar-refractivity contribution in [1.29, 1.82) is 0 Å². The summed E-state index contributed by atoms with van der Waals surface area (Å²) in [5.41, 5.74) is 10.1. The van der Waals surface area contributed by atoms with Crippen molar-refractivity contribution in [2.24, 2.45) is 5.73 Å². The Morgan fingerprint density at radius 1 is 1.23 bits per heavy atom. The summed E-state index contributed by atoms with van der Waals surface area (Å²) in [6.45, 7) is 2.26. The van der Waals surface area contributed by atoms with E-state index < -0.39 is 0 Å². The van der Waals surface area contributed by atoms with Gasteiger partial charge < -0.3 is 10.5 Å². The maximum Gasteiger partial charge on any atom is 0.305 e. The first kappa shape index (κ1) is 18.1. The molecule has 1 aromatic heterocycles. The van der Waals surface area contributed by atoms with Crippen LogP contribution in [0.3, 0.4) is 0 Å². The number of para-hydroxylation sites is 1. The molecule has 0 atom stereocenters. The summed E-state index contributed by atoms with van der Waals surface area (Å²) in [5, 5.41) is 0.832. The maximum atomic E-state index is 11.4. The van der Waals surface area contributed by atoms with Gasteiger partial charge in [0.1, 0.15) is 5.01 Å². The van der Waals surface area contributed by atoms with Crippen molar-refractivity contribution in [1.82, 2.24) is 4.98 Å². The Morgan fingerprint density at radius 3 is 2.88 bits per heavy atom. The number of carbonyl (C=O) groups is 1. The fourth-order valence-electron chi connectivity index (χ4n) is 2.75. The normalized spacial score (nSPS) is 11.7. The van der Waals surface area contributed by atoms with Crippen LogP contribution in [0.25, 0.3) is 22.0 Å². The number of nitrogens with zero attached hydrogens (tertiary/aromatic N) is 1. The highest BCUT2D eigenvalue weighted by Crippen LogP contribution is 2.26. The van der Waals surface area contributed by atoms with Gasteiger partial charge in [0.25, 0.3) is 0 Å². The number of benzene rings is 2. The van der Waals surface area contributed by atoms with Gasteiger partial charge >= 0.3 is 5.97 Å². The minimum absolute atomic E-state index is 0.136. The molecule has 0 aliphatic heterocycles. The summed E-state index contributed by atoms with van der Waals surface area (Å²) in [4.78, 5) is 16.0.